The Bertz CT molecular complexity index is 1500. The van der Waals surface area contributed by atoms with Gasteiger partial charge in [0.05, 0.1) is 24.9 Å². The van der Waals surface area contributed by atoms with Gasteiger partial charge in [-0.1, -0.05) is 49.4 Å². The van der Waals surface area contributed by atoms with E-state index in [4.69, 9.17) is 5.73 Å². The molecule has 2 heterocycles. The Balaban J connectivity index is 1.31. The Kier molecular flexibility index (Phi) is 8.42. The third-order valence-electron chi connectivity index (χ3n) is 8.16. The highest BCUT2D eigenvalue weighted by atomic mass is 16.3. The van der Waals surface area contributed by atoms with Crippen LogP contribution >= 0.6 is 0 Å². The van der Waals surface area contributed by atoms with Crippen LogP contribution in [0.15, 0.2) is 84.9 Å². The van der Waals surface area contributed by atoms with E-state index in [1.54, 1.807) is 89.5 Å². The first-order valence-electron chi connectivity index (χ1n) is 14.2. The molecule has 2 aliphatic heterocycles. The van der Waals surface area contributed by atoms with Crippen molar-refractivity contribution in [2.24, 2.45) is 5.92 Å². The van der Waals surface area contributed by atoms with Crippen molar-refractivity contribution >= 4 is 34.8 Å². The minimum absolute atomic E-state index is 0.0510. The van der Waals surface area contributed by atoms with Crippen molar-refractivity contribution in [1.82, 2.24) is 4.90 Å². The van der Waals surface area contributed by atoms with Crippen LogP contribution in [-0.2, 0) is 21.7 Å². The lowest BCUT2D eigenvalue weighted by molar-refractivity contribution is -0.139. The number of hydrogen-bond donors (Lipinski definition) is 4. The van der Waals surface area contributed by atoms with Gasteiger partial charge in [0.15, 0.2) is 5.60 Å². The topological polar surface area (TPSA) is 136 Å². The minimum Gasteiger partial charge on any atom is -0.399 e. The van der Waals surface area contributed by atoms with Crippen LogP contribution in [0.2, 0.25) is 0 Å². The Morgan fingerprint density at radius 1 is 1.12 bits per heavy atom. The van der Waals surface area contributed by atoms with Crippen LogP contribution in [0.25, 0.3) is 0 Å². The zero-order valence-electron chi connectivity index (χ0n) is 23.6. The second-order valence-corrected chi connectivity index (χ2v) is 10.9. The molecule has 1 saturated heterocycles. The molecule has 42 heavy (non-hydrogen) atoms. The molecular formula is C33H36N4O5. The highest BCUT2D eigenvalue weighted by Gasteiger charge is 2.52. The number of para-hydroxylation sites is 1. The van der Waals surface area contributed by atoms with Crippen molar-refractivity contribution in [2.45, 2.75) is 44.4 Å². The number of carbonyl (C=O) groups excluding carboxylic acids is 3. The number of fused-ring (bicyclic) bond motifs is 1. The number of rotatable bonds is 9. The smallest absolute Gasteiger partial charge is 0.264 e. The third-order valence-corrected chi connectivity index (χ3v) is 8.16. The number of aliphatic hydroxyl groups excluding tert-OH is 1. The van der Waals surface area contributed by atoms with Gasteiger partial charge in [-0.2, -0.15) is 0 Å². The molecule has 218 valence electrons. The molecule has 0 unspecified atom stereocenters. The summed E-state index contributed by atoms with van der Waals surface area (Å²) in [5, 5.41) is 24.3. The van der Waals surface area contributed by atoms with Gasteiger partial charge in [-0.05, 0) is 60.9 Å². The normalized spacial score (nSPS) is 20.6. The number of nitrogens with one attached hydrogen (secondary N) is 1. The molecule has 1 fully saturated rings. The van der Waals surface area contributed by atoms with Crippen LogP contribution in [0, 0.1) is 5.92 Å². The van der Waals surface area contributed by atoms with E-state index in [2.05, 4.69) is 5.32 Å². The molecule has 0 bridgehead atoms. The Morgan fingerprint density at radius 2 is 1.88 bits per heavy atom. The summed E-state index contributed by atoms with van der Waals surface area (Å²) in [4.78, 5) is 42.5. The van der Waals surface area contributed by atoms with E-state index in [0.29, 0.717) is 34.7 Å². The first kappa shape index (κ1) is 29.0. The number of benzene rings is 3. The predicted molar refractivity (Wildman–Crippen MR) is 162 cm³/mol. The fourth-order valence-electron chi connectivity index (χ4n) is 5.81. The molecule has 0 spiro atoms. The number of amides is 3. The highest BCUT2D eigenvalue weighted by molar-refractivity contribution is 6.07. The number of nitrogen functional groups attached to an aromatic ring is 1. The van der Waals surface area contributed by atoms with Gasteiger partial charge in [-0.3, -0.25) is 14.4 Å². The van der Waals surface area contributed by atoms with Gasteiger partial charge in [0.1, 0.15) is 0 Å². The van der Waals surface area contributed by atoms with Gasteiger partial charge in [0, 0.05) is 41.4 Å². The molecule has 3 aromatic carbocycles. The monoisotopic (exact) mass is 568 g/mol. The van der Waals surface area contributed by atoms with Crippen molar-refractivity contribution in [3.8, 4) is 0 Å². The van der Waals surface area contributed by atoms with Gasteiger partial charge in [-0.15, -0.1) is 0 Å². The van der Waals surface area contributed by atoms with Crippen LogP contribution in [0.3, 0.4) is 0 Å². The van der Waals surface area contributed by atoms with E-state index < -0.39 is 17.4 Å². The largest absolute Gasteiger partial charge is 0.399 e. The van der Waals surface area contributed by atoms with Gasteiger partial charge in [0.2, 0.25) is 5.91 Å². The zero-order chi connectivity index (χ0) is 29.9. The van der Waals surface area contributed by atoms with Crippen LogP contribution in [0.4, 0.5) is 17.1 Å². The molecule has 3 amide bonds. The maximum absolute atomic E-state index is 13.9. The highest BCUT2D eigenvalue weighted by Crippen LogP contribution is 2.45. The molecular weight excluding hydrogens is 532 g/mol. The van der Waals surface area contributed by atoms with E-state index in [9.17, 15) is 24.6 Å². The van der Waals surface area contributed by atoms with Crippen molar-refractivity contribution in [2.75, 3.05) is 29.1 Å². The summed E-state index contributed by atoms with van der Waals surface area (Å²) in [5.74, 6) is -1.42. The molecule has 5 N–H and O–H groups in total. The summed E-state index contributed by atoms with van der Waals surface area (Å²) in [7, 11) is 0. The molecule has 0 radical (unpaired) electrons. The second-order valence-electron chi connectivity index (χ2n) is 10.9. The molecule has 3 aromatic rings. The van der Waals surface area contributed by atoms with Gasteiger partial charge in [0.25, 0.3) is 11.8 Å². The van der Waals surface area contributed by atoms with Crippen LogP contribution < -0.4 is 16.0 Å². The fourth-order valence-corrected chi connectivity index (χ4v) is 5.81. The van der Waals surface area contributed by atoms with E-state index in [0.717, 1.165) is 18.4 Å². The number of anilines is 3. The number of nitrogens with two attached hydrogens (primary N) is 1. The minimum atomic E-state index is -1.81. The standard InChI is InChI=1S/C33H36N4O5/c1-22(7-4-13-30(39)36-18-6-10-27(36)21-38)33(42)28-11-2-3-12-29(28)37(32(33)41)20-23-8-5-9-26(19-23)35-31(40)24-14-16-25(34)17-15-24/h2-5,7-9,11-12,14-17,19,22,27,38,42H,6,10,13,18,20-21,34H2,1H3,(H,35,40)/b7-4+/t22-,27-,33+/m0/s1. The van der Waals surface area contributed by atoms with E-state index >= 15 is 0 Å². The summed E-state index contributed by atoms with van der Waals surface area (Å²) < 4.78 is 0. The second kappa shape index (κ2) is 12.2. The molecule has 0 saturated carbocycles. The lowest BCUT2D eigenvalue weighted by atomic mass is 9.83. The number of nitrogens with zero attached hydrogens (tertiary/aromatic N) is 2. The molecule has 0 aliphatic carbocycles. The molecule has 0 aromatic heterocycles. The van der Waals surface area contributed by atoms with Crippen molar-refractivity contribution in [1.29, 1.82) is 0 Å². The maximum Gasteiger partial charge on any atom is 0.264 e. The van der Waals surface area contributed by atoms with E-state index in [1.807, 2.05) is 12.1 Å². The SMILES string of the molecule is C[C@@H](/C=C/CC(=O)N1CCC[C@H]1CO)[C@]1(O)C(=O)N(Cc2cccc(NC(=O)c3ccc(N)cc3)c2)c2ccccc21. The van der Waals surface area contributed by atoms with Gasteiger partial charge in [-0.25, -0.2) is 0 Å². The van der Waals surface area contributed by atoms with Crippen LogP contribution in [0.1, 0.15) is 47.7 Å². The van der Waals surface area contributed by atoms with Crippen LogP contribution in [0.5, 0.6) is 0 Å². The summed E-state index contributed by atoms with van der Waals surface area (Å²) in [5.41, 5.74) is 7.42. The Hall–Kier alpha value is -4.47. The maximum atomic E-state index is 13.9. The van der Waals surface area contributed by atoms with Gasteiger partial charge < -0.3 is 31.1 Å². The molecule has 9 heteroatoms. The Labute approximate surface area is 245 Å². The average Bonchev–Trinajstić information content (AvgIpc) is 3.56. The quantitative estimate of drug-likeness (QED) is 0.229. The van der Waals surface area contributed by atoms with Gasteiger partial charge >= 0.3 is 0 Å². The fraction of sp³-hybridized carbons (Fsp3) is 0.303. The number of hydrogen-bond acceptors (Lipinski definition) is 6. The summed E-state index contributed by atoms with van der Waals surface area (Å²) >= 11 is 0. The number of aliphatic hydroxyl groups is 2. The molecule has 3 atom stereocenters. The van der Waals surface area contributed by atoms with E-state index in [-0.39, 0.29) is 37.4 Å². The van der Waals surface area contributed by atoms with Crippen molar-refractivity contribution < 1.29 is 24.6 Å². The summed E-state index contributed by atoms with van der Waals surface area (Å²) in [6.45, 7) is 2.53. The lowest BCUT2D eigenvalue weighted by Gasteiger charge is -2.28. The summed E-state index contributed by atoms with van der Waals surface area (Å²) in [6.07, 6.45) is 5.21. The molecule has 2 aliphatic rings. The molecule has 5 rings (SSSR count). The first-order valence-corrected chi connectivity index (χ1v) is 14.2. The third kappa shape index (κ3) is 5.66. The first-order chi connectivity index (χ1) is 20.2. The molecule has 9 nitrogen and oxygen atoms in total. The number of carbonyl (C=O) groups is 3. The summed E-state index contributed by atoms with van der Waals surface area (Å²) in [6, 6.07) is 20.9. The van der Waals surface area contributed by atoms with E-state index in [1.165, 1.54) is 0 Å². The zero-order valence-corrected chi connectivity index (χ0v) is 23.6. The lowest BCUT2D eigenvalue weighted by Crippen LogP contribution is -2.44. The Morgan fingerprint density at radius 3 is 2.64 bits per heavy atom. The van der Waals surface area contributed by atoms with Crippen molar-refractivity contribution in [3.05, 3.63) is 102 Å². The van der Waals surface area contributed by atoms with Crippen molar-refractivity contribution in [3.63, 3.8) is 0 Å². The predicted octanol–water partition coefficient (Wildman–Crippen LogP) is 3.82. The van der Waals surface area contributed by atoms with Crippen LogP contribution in [-0.4, -0.2) is 52.0 Å². The number of likely N-dealkylation sites (tertiary alicyclic amines) is 1. The average molecular weight is 569 g/mol.